The number of hydrogen-bond donors (Lipinski definition) is 1. The molecule has 0 aromatic heterocycles. The Bertz CT molecular complexity index is 975. The summed E-state index contributed by atoms with van der Waals surface area (Å²) in [6, 6.07) is 13.2. The van der Waals surface area contributed by atoms with Gasteiger partial charge in [0, 0.05) is 45.3 Å². The lowest BCUT2D eigenvalue weighted by atomic mass is 9.94. The van der Waals surface area contributed by atoms with Crippen LogP contribution in [0.2, 0.25) is 0 Å². The first-order valence-electron chi connectivity index (χ1n) is 12.2. The van der Waals surface area contributed by atoms with Gasteiger partial charge in [0.2, 0.25) is 5.91 Å². The van der Waals surface area contributed by atoms with Crippen LogP contribution in [0.15, 0.2) is 36.4 Å². The maximum atomic E-state index is 12.9. The van der Waals surface area contributed by atoms with Crippen molar-refractivity contribution in [2.45, 2.75) is 51.6 Å². The molecule has 0 spiro atoms. The summed E-state index contributed by atoms with van der Waals surface area (Å²) in [5.41, 5.74) is 5.76. The first-order chi connectivity index (χ1) is 15.6. The monoisotopic (exact) mass is 433 g/mol. The SMILES string of the molecule is Cc1ccc(-c2ccc3c(c2)CCN(CC(=O)N2CCN(C4CCCC4)CC2)C3)cc1O. The number of nitrogens with zero attached hydrogens (tertiary/aromatic N) is 3. The van der Waals surface area contributed by atoms with Crippen LogP contribution in [-0.2, 0) is 17.8 Å². The first-order valence-corrected chi connectivity index (χ1v) is 12.2. The second-order valence-corrected chi connectivity index (χ2v) is 9.80. The predicted octanol–water partition coefficient (Wildman–Crippen LogP) is 3.81. The topological polar surface area (TPSA) is 47.0 Å². The summed E-state index contributed by atoms with van der Waals surface area (Å²) in [6.07, 6.45) is 6.38. The number of aromatic hydroxyl groups is 1. The van der Waals surface area contributed by atoms with Crippen molar-refractivity contribution in [3.05, 3.63) is 53.1 Å². The molecule has 2 aromatic rings. The van der Waals surface area contributed by atoms with Crippen LogP contribution in [0, 0.1) is 6.92 Å². The van der Waals surface area contributed by atoms with Crippen molar-refractivity contribution in [1.29, 1.82) is 0 Å². The van der Waals surface area contributed by atoms with Crippen LogP contribution in [0.1, 0.15) is 42.4 Å². The Morgan fingerprint density at radius 3 is 2.41 bits per heavy atom. The minimum atomic E-state index is 0.284. The van der Waals surface area contributed by atoms with Crippen LogP contribution in [0.3, 0.4) is 0 Å². The zero-order valence-electron chi connectivity index (χ0n) is 19.2. The van der Waals surface area contributed by atoms with Crippen LogP contribution in [-0.4, -0.2) is 71.0 Å². The number of carbonyl (C=O) groups excluding carboxylic acids is 1. The second-order valence-electron chi connectivity index (χ2n) is 9.80. The van der Waals surface area contributed by atoms with Crippen LogP contribution in [0.4, 0.5) is 0 Å². The fourth-order valence-electron chi connectivity index (χ4n) is 5.61. The van der Waals surface area contributed by atoms with Crippen molar-refractivity contribution >= 4 is 5.91 Å². The zero-order valence-corrected chi connectivity index (χ0v) is 19.2. The molecule has 32 heavy (non-hydrogen) atoms. The van der Waals surface area contributed by atoms with E-state index in [1.807, 2.05) is 19.1 Å². The van der Waals surface area contributed by atoms with Gasteiger partial charge in [-0.15, -0.1) is 0 Å². The average Bonchev–Trinajstić information content (AvgIpc) is 3.36. The summed E-state index contributed by atoms with van der Waals surface area (Å²) in [4.78, 5) is 19.9. The molecule has 5 nitrogen and oxygen atoms in total. The highest BCUT2D eigenvalue weighted by molar-refractivity contribution is 5.78. The fourth-order valence-corrected chi connectivity index (χ4v) is 5.61. The Kier molecular flexibility index (Phi) is 6.20. The highest BCUT2D eigenvalue weighted by Crippen LogP contribution is 2.30. The molecule has 3 aliphatic rings. The van der Waals surface area contributed by atoms with E-state index in [2.05, 4.69) is 39.0 Å². The number of fused-ring (bicyclic) bond motifs is 1. The molecule has 0 unspecified atom stereocenters. The number of hydrogen-bond acceptors (Lipinski definition) is 4. The van der Waals surface area contributed by atoms with Crippen molar-refractivity contribution in [3.8, 4) is 16.9 Å². The smallest absolute Gasteiger partial charge is 0.236 e. The molecule has 2 aliphatic heterocycles. The predicted molar refractivity (Wildman–Crippen MR) is 128 cm³/mol. The summed E-state index contributed by atoms with van der Waals surface area (Å²) in [6.45, 7) is 8.03. The molecule has 2 fully saturated rings. The maximum Gasteiger partial charge on any atom is 0.236 e. The highest BCUT2D eigenvalue weighted by Gasteiger charge is 2.29. The Morgan fingerprint density at radius 2 is 1.66 bits per heavy atom. The van der Waals surface area contributed by atoms with Gasteiger partial charge in [-0.25, -0.2) is 0 Å². The Balaban J connectivity index is 1.17. The van der Waals surface area contributed by atoms with E-state index in [0.29, 0.717) is 12.3 Å². The summed E-state index contributed by atoms with van der Waals surface area (Å²) in [5, 5.41) is 10.1. The van der Waals surface area contributed by atoms with E-state index in [-0.39, 0.29) is 5.91 Å². The molecule has 0 atom stereocenters. The fraction of sp³-hybridized carbons (Fsp3) is 0.519. The lowest BCUT2D eigenvalue weighted by Gasteiger charge is -2.39. The van der Waals surface area contributed by atoms with Gasteiger partial charge in [0.25, 0.3) is 0 Å². The van der Waals surface area contributed by atoms with Gasteiger partial charge in [-0.2, -0.15) is 0 Å². The lowest BCUT2D eigenvalue weighted by Crippen LogP contribution is -2.53. The largest absolute Gasteiger partial charge is 0.508 e. The highest BCUT2D eigenvalue weighted by atomic mass is 16.3. The number of carbonyl (C=O) groups is 1. The quantitative estimate of drug-likeness (QED) is 0.797. The molecule has 1 aliphatic carbocycles. The third-order valence-corrected chi connectivity index (χ3v) is 7.71. The van der Waals surface area contributed by atoms with Crippen molar-refractivity contribution in [1.82, 2.24) is 14.7 Å². The van der Waals surface area contributed by atoms with Crippen molar-refractivity contribution < 1.29 is 9.90 Å². The van der Waals surface area contributed by atoms with Gasteiger partial charge in [0.1, 0.15) is 5.75 Å². The Labute approximate surface area is 191 Å². The summed E-state index contributed by atoms with van der Waals surface area (Å²) in [5.74, 6) is 0.625. The molecule has 1 saturated heterocycles. The van der Waals surface area contributed by atoms with Gasteiger partial charge in [0.05, 0.1) is 6.54 Å². The third-order valence-electron chi connectivity index (χ3n) is 7.71. The molecule has 2 aromatic carbocycles. The minimum absolute atomic E-state index is 0.284. The summed E-state index contributed by atoms with van der Waals surface area (Å²) >= 11 is 0. The van der Waals surface area contributed by atoms with Crippen LogP contribution >= 0.6 is 0 Å². The Hall–Kier alpha value is -2.37. The van der Waals surface area contributed by atoms with Gasteiger partial charge in [0.15, 0.2) is 0 Å². The Morgan fingerprint density at radius 1 is 0.938 bits per heavy atom. The number of phenols is 1. The molecule has 5 heteroatoms. The number of rotatable bonds is 4. The molecule has 170 valence electrons. The van der Waals surface area contributed by atoms with E-state index in [9.17, 15) is 9.90 Å². The van der Waals surface area contributed by atoms with Crippen molar-refractivity contribution in [2.24, 2.45) is 0 Å². The van der Waals surface area contributed by atoms with Gasteiger partial charge in [-0.1, -0.05) is 43.2 Å². The third kappa shape index (κ3) is 4.55. The van der Waals surface area contributed by atoms with Crippen molar-refractivity contribution in [2.75, 3.05) is 39.3 Å². The minimum Gasteiger partial charge on any atom is -0.508 e. The summed E-state index contributed by atoms with van der Waals surface area (Å²) < 4.78 is 0. The number of amides is 1. The molecule has 2 heterocycles. The zero-order chi connectivity index (χ0) is 22.1. The van der Waals surface area contributed by atoms with Crippen LogP contribution in [0.25, 0.3) is 11.1 Å². The normalized spacial score (nSPS) is 20.5. The van der Waals surface area contributed by atoms with Gasteiger partial charge < -0.3 is 10.0 Å². The van der Waals surface area contributed by atoms with Gasteiger partial charge >= 0.3 is 0 Å². The number of phenolic OH excluding ortho intramolecular Hbond substituents is 1. The molecule has 5 rings (SSSR count). The van der Waals surface area contributed by atoms with E-state index < -0.39 is 0 Å². The summed E-state index contributed by atoms with van der Waals surface area (Å²) in [7, 11) is 0. The molecule has 1 saturated carbocycles. The van der Waals surface area contributed by atoms with E-state index >= 15 is 0 Å². The average molecular weight is 434 g/mol. The van der Waals surface area contributed by atoms with Crippen molar-refractivity contribution in [3.63, 3.8) is 0 Å². The standard InChI is InChI=1S/C27H35N3O2/c1-20-6-7-22(17-26(20)31)21-8-9-24-18-28(11-10-23(24)16-21)19-27(32)30-14-12-29(13-15-30)25-4-2-3-5-25/h6-9,16-17,25,31H,2-5,10-15,18-19H2,1H3. The molecule has 1 N–H and O–H groups in total. The number of benzene rings is 2. The van der Waals surface area contributed by atoms with E-state index in [0.717, 1.165) is 68.4 Å². The molecule has 0 bridgehead atoms. The van der Waals surface area contributed by atoms with Gasteiger partial charge in [-0.3, -0.25) is 14.6 Å². The van der Waals surface area contributed by atoms with Crippen LogP contribution < -0.4 is 0 Å². The van der Waals surface area contributed by atoms with E-state index in [4.69, 9.17) is 0 Å². The number of aryl methyl sites for hydroxylation is 1. The van der Waals surface area contributed by atoms with E-state index in [1.54, 1.807) is 0 Å². The molecule has 1 amide bonds. The molecular formula is C27H35N3O2. The first kappa shape index (κ1) is 21.5. The molecule has 0 radical (unpaired) electrons. The van der Waals surface area contributed by atoms with Crippen LogP contribution in [0.5, 0.6) is 5.75 Å². The number of piperazine rings is 1. The van der Waals surface area contributed by atoms with E-state index in [1.165, 1.54) is 36.8 Å². The maximum absolute atomic E-state index is 12.9. The second kappa shape index (κ2) is 9.24. The molecular weight excluding hydrogens is 398 g/mol. The lowest BCUT2D eigenvalue weighted by molar-refractivity contribution is -0.134. The van der Waals surface area contributed by atoms with Gasteiger partial charge in [-0.05, 0) is 60.1 Å².